The van der Waals surface area contributed by atoms with Gasteiger partial charge in [0.25, 0.3) is 0 Å². The van der Waals surface area contributed by atoms with E-state index in [2.05, 4.69) is 6.58 Å². The maximum atomic E-state index is 10.9. The SMILES string of the molecule is C=CCOc1ccc(CN(CC(=O)O)C(C)C)cc1OC. The van der Waals surface area contributed by atoms with Gasteiger partial charge in [0, 0.05) is 12.6 Å². The van der Waals surface area contributed by atoms with E-state index in [1.165, 1.54) is 0 Å². The van der Waals surface area contributed by atoms with Gasteiger partial charge in [-0.15, -0.1) is 0 Å². The molecule has 0 radical (unpaired) electrons. The number of methoxy groups -OCH3 is 1. The minimum absolute atomic E-state index is 0.00863. The van der Waals surface area contributed by atoms with Crippen LogP contribution in [0.3, 0.4) is 0 Å². The summed E-state index contributed by atoms with van der Waals surface area (Å²) < 4.78 is 10.8. The van der Waals surface area contributed by atoms with Crippen LogP contribution >= 0.6 is 0 Å². The number of carboxylic acids is 1. The van der Waals surface area contributed by atoms with Crippen molar-refractivity contribution in [2.24, 2.45) is 0 Å². The number of rotatable bonds is 9. The van der Waals surface area contributed by atoms with Gasteiger partial charge in [-0.2, -0.15) is 0 Å². The first-order chi connectivity index (χ1) is 9.97. The van der Waals surface area contributed by atoms with E-state index >= 15 is 0 Å². The molecular weight excluding hydrogens is 270 g/mol. The van der Waals surface area contributed by atoms with Crippen LogP contribution in [0.15, 0.2) is 30.9 Å². The van der Waals surface area contributed by atoms with Gasteiger partial charge in [0.05, 0.1) is 13.7 Å². The number of hydrogen-bond acceptors (Lipinski definition) is 4. The molecule has 116 valence electrons. The zero-order chi connectivity index (χ0) is 15.8. The van der Waals surface area contributed by atoms with Crippen molar-refractivity contribution in [2.45, 2.75) is 26.4 Å². The van der Waals surface area contributed by atoms with Gasteiger partial charge in [-0.05, 0) is 31.5 Å². The van der Waals surface area contributed by atoms with Crippen molar-refractivity contribution in [3.63, 3.8) is 0 Å². The van der Waals surface area contributed by atoms with Gasteiger partial charge in [-0.1, -0.05) is 18.7 Å². The number of nitrogens with zero attached hydrogens (tertiary/aromatic N) is 1. The molecule has 0 spiro atoms. The maximum absolute atomic E-state index is 10.9. The fourth-order valence-corrected chi connectivity index (χ4v) is 1.91. The smallest absolute Gasteiger partial charge is 0.317 e. The summed E-state index contributed by atoms with van der Waals surface area (Å²) in [6.45, 7) is 8.52. The monoisotopic (exact) mass is 293 g/mol. The molecule has 0 bridgehead atoms. The first-order valence-corrected chi connectivity index (χ1v) is 6.84. The number of carbonyl (C=O) groups is 1. The summed E-state index contributed by atoms with van der Waals surface area (Å²) >= 11 is 0. The van der Waals surface area contributed by atoms with Crippen LogP contribution in [0.5, 0.6) is 11.5 Å². The Hall–Kier alpha value is -2.01. The predicted molar refractivity (Wildman–Crippen MR) is 81.9 cm³/mol. The summed E-state index contributed by atoms with van der Waals surface area (Å²) in [5.41, 5.74) is 0.979. The maximum Gasteiger partial charge on any atom is 0.317 e. The van der Waals surface area contributed by atoms with E-state index in [-0.39, 0.29) is 12.6 Å². The lowest BCUT2D eigenvalue weighted by Crippen LogP contribution is -2.35. The standard InChI is InChI=1S/C16H23NO4/c1-5-8-21-14-7-6-13(9-15(14)20-4)10-17(12(2)3)11-16(18)19/h5-7,9,12H,1,8,10-11H2,2-4H3,(H,18,19). The molecule has 1 aromatic rings. The lowest BCUT2D eigenvalue weighted by Gasteiger charge is -2.24. The highest BCUT2D eigenvalue weighted by Gasteiger charge is 2.15. The molecule has 0 aromatic heterocycles. The molecule has 0 atom stereocenters. The average Bonchev–Trinajstić information content (AvgIpc) is 2.44. The van der Waals surface area contributed by atoms with Crippen LogP contribution in [-0.2, 0) is 11.3 Å². The number of aliphatic carboxylic acids is 1. The van der Waals surface area contributed by atoms with Gasteiger partial charge in [0.15, 0.2) is 11.5 Å². The Balaban J connectivity index is 2.87. The summed E-state index contributed by atoms with van der Waals surface area (Å²) in [5.74, 6) is 0.450. The van der Waals surface area contributed by atoms with E-state index in [4.69, 9.17) is 14.6 Å². The lowest BCUT2D eigenvalue weighted by molar-refractivity contribution is -0.138. The van der Waals surface area contributed by atoms with Crippen molar-refractivity contribution >= 4 is 5.97 Å². The fourth-order valence-electron chi connectivity index (χ4n) is 1.91. The Morgan fingerprint density at radius 2 is 2.14 bits per heavy atom. The third kappa shape index (κ3) is 5.47. The van der Waals surface area contributed by atoms with Crippen molar-refractivity contribution in [2.75, 3.05) is 20.3 Å². The first kappa shape index (κ1) is 17.0. The molecule has 0 heterocycles. The molecule has 0 aliphatic carbocycles. The van der Waals surface area contributed by atoms with Crippen LogP contribution in [0.25, 0.3) is 0 Å². The molecule has 0 aliphatic rings. The highest BCUT2D eigenvalue weighted by atomic mass is 16.5. The van der Waals surface area contributed by atoms with E-state index in [0.717, 1.165) is 5.56 Å². The highest BCUT2D eigenvalue weighted by Crippen LogP contribution is 2.28. The third-order valence-corrected chi connectivity index (χ3v) is 3.04. The van der Waals surface area contributed by atoms with Crippen molar-refractivity contribution in [1.82, 2.24) is 4.90 Å². The Morgan fingerprint density at radius 1 is 1.43 bits per heavy atom. The molecule has 1 N–H and O–H groups in total. The molecular formula is C16H23NO4. The molecule has 0 fully saturated rings. The molecule has 5 nitrogen and oxygen atoms in total. The van der Waals surface area contributed by atoms with E-state index in [9.17, 15) is 4.79 Å². The first-order valence-electron chi connectivity index (χ1n) is 6.84. The highest BCUT2D eigenvalue weighted by molar-refractivity contribution is 5.69. The lowest BCUT2D eigenvalue weighted by atomic mass is 10.1. The van der Waals surface area contributed by atoms with E-state index < -0.39 is 5.97 Å². The second-order valence-corrected chi connectivity index (χ2v) is 4.98. The summed E-state index contributed by atoms with van der Waals surface area (Å²) in [6, 6.07) is 5.76. The minimum Gasteiger partial charge on any atom is -0.493 e. The fraction of sp³-hybridized carbons (Fsp3) is 0.438. The van der Waals surface area contributed by atoms with Crippen molar-refractivity contribution in [3.8, 4) is 11.5 Å². The number of ether oxygens (including phenoxy) is 2. The number of hydrogen-bond donors (Lipinski definition) is 1. The summed E-state index contributed by atoms with van der Waals surface area (Å²) in [4.78, 5) is 12.8. The van der Waals surface area contributed by atoms with Gasteiger partial charge < -0.3 is 14.6 Å². The number of carboxylic acid groups (broad SMARTS) is 1. The quantitative estimate of drug-likeness (QED) is 0.709. The van der Waals surface area contributed by atoms with E-state index in [1.807, 2.05) is 36.9 Å². The van der Waals surface area contributed by atoms with Crippen molar-refractivity contribution in [1.29, 1.82) is 0 Å². The van der Waals surface area contributed by atoms with Gasteiger partial charge in [0.2, 0.25) is 0 Å². The van der Waals surface area contributed by atoms with Crippen LogP contribution in [0, 0.1) is 0 Å². The molecule has 1 rings (SSSR count). The van der Waals surface area contributed by atoms with Gasteiger partial charge in [0.1, 0.15) is 6.61 Å². The van der Waals surface area contributed by atoms with Crippen molar-refractivity contribution in [3.05, 3.63) is 36.4 Å². The summed E-state index contributed by atoms with van der Waals surface area (Å²) in [7, 11) is 1.58. The summed E-state index contributed by atoms with van der Waals surface area (Å²) in [5, 5.41) is 8.96. The molecule has 5 heteroatoms. The largest absolute Gasteiger partial charge is 0.493 e. The van der Waals surface area contributed by atoms with Gasteiger partial charge >= 0.3 is 5.97 Å². The molecule has 1 aromatic carbocycles. The molecule has 0 amide bonds. The van der Waals surface area contributed by atoms with Crippen LogP contribution in [0.2, 0.25) is 0 Å². The average molecular weight is 293 g/mol. The second kappa shape index (κ2) is 8.32. The normalized spacial score (nSPS) is 10.7. The molecule has 0 saturated carbocycles. The van der Waals surface area contributed by atoms with Crippen molar-refractivity contribution < 1.29 is 19.4 Å². The second-order valence-electron chi connectivity index (χ2n) is 4.98. The topological polar surface area (TPSA) is 59.0 Å². The zero-order valence-electron chi connectivity index (χ0n) is 12.8. The Bertz CT molecular complexity index is 485. The molecule has 0 saturated heterocycles. The minimum atomic E-state index is -0.832. The Labute approximate surface area is 125 Å². The molecule has 21 heavy (non-hydrogen) atoms. The van der Waals surface area contributed by atoms with Gasteiger partial charge in [-0.25, -0.2) is 0 Å². The predicted octanol–water partition coefficient (Wildman–Crippen LogP) is 2.56. The third-order valence-electron chi connectivity index (χ3n) is 3.04. The Kier molecular flexibility index (Phi) is 6.75. The van der Waals surface area contributed by atoms with Gasteiger partial charge in [-0.3, -0.25) is 9.69 Å². The zero-order valence-corrected chi connectivity index (χ0v) is 12.8. The number of benzene rings is 1. The molecule has 0 aliphatic heterocycles. The van der Waals surface area contributed by atoms with E-state index in [1.54, 1.807) is 13.2 Å². The van der Waals surface area contributed by atoms with E-state index in [0.29, 0.717) is 24.7 Å². The van der Waals surface area contributed by atoms with Crippen LogP contribution in [-0.4, -0.2) is 42.3 Å². The molecule has 0 unspecified atom stereocenters. The summed E-state index contributed by atoms with van der Waals surface area (Å²) in [6.07, 6.45) is 1.67. The van der Waals surface area contributed by atoms with Crippen LogP contribution in [0.1, 0.15) is 19.4 Å². The van der Waals surface area contributed by atoms with Crippen LogP contribution in [0.4, 0.5) is 0 Å². The van der Waals surface area contributed by atoms with Crippen LogP contribution < -0.4 is 9.47 Å². The Morgan fingerprint density at radius 3 is 2.67 bits per heavy atom.